The summed E-state index contributed by atoms with van der Waals surface area (Å²) in [4.78, 5) is 3.90. The largest absolute Gasteiger partial charge is 0.390 e. The zero-order valence-corrected chi connectivity index (χ0v) is 10.1. The Balaban J connectivity index is 2.65. The number of hydrogen-bond donors (Lipinski definition) is 1. The molecule has 6 heteroatoms. The highest BCUT2D eigenvalue weighted by Crippen LogP contribution is 2.16. The molecule has 0 aliphatic carbocycles. The summed E-state index contributed by atoms with van der Waals surface area (Å²) in [6, 6.07) is 9.00. The number of benzene rings is 1. The summed E-state index contributed by atoms with van der Waals surface area (Å²) in [6.45, 7) is -0.289. The van der Waals surface area contributed by atoms with E-state index in [1.54, 1.807) is 24.3 Å². The van der Waals surface area contributed by atoms with Crippen molar-refractivity contribution in [2.45, 2.75) is 11.8 Å². The zero-order chi connectivity index (χ0) is 12.5. The number of para-hydroxylation sites is 1. The smallest absolute Gasteiger partial charge is 0.232 e. The van der Waals surface area contributed by atoms with E-state index in [9.17, 15) is 8.42 Å². The number of hydrogen-bond acceptors (Lipinski definition) is 4. The van der Waals surface area contributed by atoms with Gasteiger partial charge in [0, 0.05) is 18.1 Å². The van der Waals surface area contributed by atoms with Crippen LogP contribution in [0.15, 0.2) is 41.7 Å². The predicted octanol–water partition coefficient (Wildman–Crippen LogP) is 0.768. The summed E-state index contributed by atoms with van der Waals surface area (Å²) in [5, 5.41) is 8.96. The first-order valence-electron chi connectivity index (χ1n) is 4.97. The molecule has 0 saturated heterocycles. The number of rotatable bonds is 3. The second kappa shape index (κ2) is 4.31. The Hall–Kier alpha value is -1.66. The van der Waals surface area contributed by atoms with E-state index in [4.69, 9.17) is 5.11 Å². The zero-order valence-electron chi connectivity index (χ0n) is 9.24. The van der Waals surface area contributed by atoms with Gasteiger partial charge in [-0.25, -0.2) is 13.4 Å². The van der Waals surface area contributed by atoms with Gasteiger partial charge in [0.05, 0.1) is 12.3 Å². The van der Waals surface area contributed by atoms with Crippen molar-refractivity contribution in [1.82, 2.24) is 9.55 Å². The molecule has 0 unspecified atom stereocenters. The molecule has 5 nitrogen and oxygen atoms in total. The Labute approximate surface area is 99.3 Å². The van der Waals surface area contributed by atoms with Crippen molar-refractivity contribution in [2.24, 2.45) is 0 Å². The van der Waals surface area contributed by atoms with Crippen LogP contribution in [0.3, 0.4) is 0 Å². The van der Waals surface area contributed by atoms with Gasteiger partial charge in [-0.2, -0.15) is 0 Å². The fourth-order valence-electron chi connectivity index (χ4n) is 1.52. The third-order valence-electron chi connectivity index (χ3n) is 2.25. The minimum Gasteiger partial charge on any atom is -0.390 e. The number of imidazole rings is 1. The van der Waals surface area contributed by atoms with E-state index in [2.05, 4.69) is 4.98 Å². The van der Waals surface area contributed by atoms with Gasteiger partial charge in [0.2, 0.25) is 15.0 Å². The average Bonchev–Trinajstić information content (AvgIpc) is 2.74. The maximum absolute atomic E-state index is 11.6. The molecule has 1 heterocycles. The van der Waals surface area contributed by atoms with Gasteiger partial charge >= 0.3 is 0 Å². The lowest BCUT2D eigenvalue weighted by Crippen LogP contribution is -2.07. The number of nitrogens with zero attached hydrogens (tertiary/aromatic N) is 2. The van der Waals surface area contributed by atoms with Gasteiger partial charge in [0.1, 0.15) is 0 Å². The molecular weight excluding hydrogens is 240 g/mol. The Kier molecular flexibility index (Phi) is 2.99. The van der Waals surface area contributed by atoms with E-state index in [0.717, 1.165) is 6.26 Å². The van der Waals surface area contributed by atoms with E-state index >= 15 is 0 Å². The summed E-state index contributed by atoms with van der Waals surface area (Å²) in [6.07, 6.45) is 2.61. The molecule has 17 heavy (non-hydrogen) atoms. The SMILES string of the molecule is CS(=O)(=O)c1nc(CO)cn1-c1ccccc1. The van der Waals surface area contributed by atoms with Crippen molar-refractivity contribution in [1.29, 1.82) is 0 Å². The fourth-order valence-corrected chi connectivity index (χ4v) is 2.32. The molecule has 0 saturated carbocycles. The number of aliphatic hydroxyl groups is 1. The first-order chi connectivity index (χ1) is 8.02. The van der Waals surface area contributed by atoms with Crippen LogP contribution in [0.4, 0.5) is 0 Å². The van der Waals surface area contributed by atoms with E-state index in [0.29, 0.717) is 11.4 Å². The molecule has 1 aromatic carbocycles. The van der Waals surface area contributed by atoms with Gasteiger partial charge in [0.25, 0.3) is 0 Å². The van der Waals surface area contributed by atoms with Crippen molar-refractivity contribution >= 4 is 9.84 Å². The van der Waals surface area contributed by atoms with Crippen LogP contribution < -0.4 is 0 Å². The van der Waals surface area contributed by atoms with Gasteiger partial charge in [0.15, 0.2) is 0 Å². The molecule has 2 rings (SSSR count). The van der Waals surface area contributed by atoms with E-state index in [-0.39, 0.29) is 11.8 Å². The second-order valence-electron chi connectivity index (χ2n) is 3.65. The van der Waals surface area contributed by atoms with Crippen LogP contribution in [0.25, 0.3) is 5.69 Å². The minimum atomic E-state index is -3.43. The third kappa shape index (κ3) is 2.37. The fraction of sp³-hybridized carbons (Fsp3) is 0.182. The molecule has 0 fully saturated rings. The lowest BCUT2D eigenvalue weighted by atomic mass is 10.3. The number of aromatic nitrogens is 2. The Morgan fingerprint density at radius 3 is 2.47 bits per heavy atom. The van der Waals surface area contributed by atoms with Crippen molar-refractivity contribution < 1.29 is 13.5 Å². The van der Waals surface area contributed by atoms with E-state index < -0.39 is 9.84 Å². The quantitative estimate of drug-likeness (QED) is 0.875. The second-order valence-corrected chi connectivity index (χ2v) is 5.56. The minimum absolute atomic E-state index is 0.0623. The molecule has 0 aliphatic heterocycles. The van der Waals surface area contributed by atoms with Crippen LogP contribution in [-0.2, 0) is 16.4 Å². The van der Waals surface area contributed by atoms with Gasteiger partial charge < -0.3 is 5.11 Å². The third-order valence-corrected chi connectivity index (χ3v) is 3.20. The lowest BCUT2D eigenvalue weighted by molar-refractivity contribution is 0.277. The van der Waals surface area contributed by atoms with Crippen LogP contribution in [0.1, 0.15) is 5.69 Å². The maximum atomic E-state index is 11.6. The van der Waals surface area contributed by atoms with Crippen molar-refractivity contribution in [3.8, 4) is 5.69 Å². The standard InChI is InChI=1S/C11H12N2O3S/c1-17(15,16)11-12-9(8-14)7-13(11)10-5-3-2-4-6-10/h2-7,14H,8H2,1H3. The van der Waals surface area contributed by atoms with Crippen LogP contribution in [-0.4, -0.2) is 29.3 Å². The van der Waals surface area contributed by atoms with Crippen molar-refractivity contribution in [2.75, 3.05) is 6.26 Å². The molecule has 0 aliphatic rings. The van der Waals surface area contributed by atoms with E-state index in [1.807, 2.05) is 6.07 Å². The number of aliphatic hydroxyl groups excluding tert-OH is 1. The first kappa shape index (κ1) is 11.8. The monoisotopic (exact) mass is 252 g/mol. The molecule has 0 atom stereocenters. The molecule has 0 radical (unpaired) electrons. The molecule has 1 aromatic heterocycles. The molecule has 0 spiro atoms. The Bertz CT molecular complexity index is 617. The van der Waals surface area contributed by atoms with Gasteiger partial charge in [-0.05, 0) is 12.1 Å². The Morgan fingerprint density at radius 2 is 1.94 bits per heavy atom. The first-order valence-corrected chi connectivity index (χ1v) is 6.86. The van der Waals surface area contributed by atoms with E-state index in [1.165, 1.54) is 10.8 Å². The van der Waals surface area contributed by atoms with Gasteiger partial charge in [-0.15, -0.1) is 0 Å². The molecular formula is C11H12N2O3S. The normalized spacial score (nSPS) is 11.6. The lowest BCUT2D eigenvalue weighted by Gasteiger charge is -2.05. The average molecular weight is 252 g/mol. The van der Waals surface area contributed by atoms with Crippen LogP contribution >= 0.6 is 0 Å². The van der Waals surface area contributed by atoms with Gasteiger partial charge in [-0.1, -0.05) is 18.2 Å². The Morgan fingerprint density at radius 1 is 1.29 bits per heavy atom. The van der Waals surface area contributed by atoms with Crippen molar-refractivity contribution in [3.63, 3.8) is 0 Å². The topological polar surface area (TPSA) is 72.2 Å². The summed E-state index contributed by atoms with van der Waals surface area (Å²) >= 11 is 0. The summed E-state index contributed by atoms with van der Waals surface area (Å²) < 4.78 is 24.6. The van der Waals surface area contributed by atoms with Crippen LogP contribution in [0.2, 0.25) is 0 Å². The number of sulfone groups is 1. The molecule has 2 aromatic rings. The summed E-state index contributed by atoms with van der Waals surface area (Å²) in [5.41, 5.74) is 1.02. The summed E-state index contributed by atoms with van der Waals surface area (Å²) in [5.74, 6) is 0. The highest BCUT2D eigenvalue weighted by Gasteiger charge is 2.18. The van der Waals surface area contributed by atoms with Crippen molar-refractivity contribution in [3.05, 3.63) is 42.2 Å². The highest BCUT2D eigenvalue weighted by molar-refractivity contribution is 7.90. The maximum Gasteiger partial charge on any atom is 0.232 e. The van der Waals surface area contributed by atoms with Crippen LogP contribution in [0, 0.1) is 0 Å². The van der Waals surface area contributed by atoms with Gasteiger partial charge in [-0.3, -0.25) is 4.57 Å². The van der Waals surface area contributed by atoms with Crippen LogP contribution in [0.5, 0.6) is 0 Å². The molecule has 0 bridgehead atoms. The molecule has 0 amide bonds. The summed E-state index contributed by atoms with van der Waals surface area (Å²) in [7, 11) is -3.43. The molecule has 90 valence electrons. The highest BCUT2D eigenvalue weighted by atomic mass is 32.2. The molecule has 1 N–H and O–H groups in total. The predicted molar refractivity (Wildman–Crippen MR) is 62.6 cm³/mol.